The minimum Gasteiger partial charge on any atom is -0.444 e. The number of hydrogen-bond donors (Lipinski definition) is 1. The highest BCUT2D eigenvalue weighted by atomic mass is 32.2. The van der Waals surface area contributed by atoms with Crippen LogP contribution in [0.4, 0.5) is 19.7 Å². The zero-order chi connectivity index (χ0) is 24.3. The normalized spacial score (nSPS) is 15.8. The molecule has 1 N–H and O–H groups in total. The van der Waals surface area contributed by atoms with E-state index in [0.29, 0.717) is 0 Å². The zero-order valence-corrected chi connectivity index (χ0v) is 20.2. The predicted octanol–water partition coefficient (Wildman–Crippen LogP) is 3.80. The maximum atomic E-state index is 13.9. The number of piperidine rings is 1. The van der Waals surface area contributed by atoms with Crippen LogP contribution in [0.1, 0.15) is 54.4 Å². The van der Waals surface area contributed by atoms with Gasteiger partial charge < -0.3 is 14.4 Å². The summed E-state index contributed by atoms with van der Waals surface area (Å²) in [5.41, 5.74) is -1.48. The number of likely N-dealkylation sites (tertiary alicyclic amines) is 1. The van der Waals surface area contributed by atoms with Gasteiger partial charge in [-0.3, -0.25) is 4.31 Å². The molecule has 0 aliphatic carbocycles. The summed E-state index contributed by atoms with van der Waals surface area (Å²) in [7, 11) is -4.42. The first-order valence-corrected chi connectivity index (χ1v) is 11.8. The van der Waals surface area contributed by atoms with E-state index in [4.69, 9.17) is 9.47 Å². The van der Waals surface area contributed by atoms with Crippen LogP contribution in [0.2, 0.25) is 0 Å². The lowest BCUT2D eigenvalue weighted by atomic mass is 10.0. The van der Waals surface area contributed by atoms with Gasteiger partial charge in [0.2, 0.25) is 0 Å². The third kappa shape index (κ3) is 7.54. The molecule has 1 aliphatic heterocycles. The monoisotopic (exact) mass is 473 g/mol. The van der Waals surface area contributed by atoms with Crippen molar-refractivity contribution >= 4 is 28.1 Å². The summed E-state index contributed by atoms with van der Waals surface area (Å²) in [4.78, 5) is 26.0. The van der Waals surface area contributed by atoms with E-state index in [1.807, 2.05) is 4.72 Å². The van der Waals surface area contributed by atoms with E-state index in [9.17, 15) is 22.4 Å². The fourth-order valence-electron chi connectivity index (χ4n) is 3.22. The number of nitrogens with zero attached hydrogens (tertiary/aromatic N) is 2. The molecule has 1 aliphatic rings. The van der Waals surface area contributed by atoms with E-state index in [1.165, 1.54) is 23.1 Å². The molecule has 32 heavy (non-hydrogen) atoms. The Morgan fingerprint density at radius 3 is 2.12 bits per heavy atom. The maximum Gasteiger partial charge on any atom is 0.422 e. The summed E-state index contributed by atoms with van der Waals surface area (Å²) in [5.74, 6) is -0.619. The quantitative estimate of drug-likeness (QED) is 0.713. The summed E-state index contributed by atoms with van der Waals surface area (Å²) in [6.07, 6.45) is -1.08. The minimum absolute atomic E-state index is 0.0665. The highest BCUT2D eigenvalue weighted by Crippen LogP contribution is 2.28. The largest absolute Gasteiger partial charge is 0.444 e. The van der Waals surface area contributed by atoms with Crippen molar-refractivity contribution in [3.8, 4) is 0 Å². The summed E-state index contributed by atoms with van der Waals surface area (Å²) in [6.45, 7) is 10.6. The van der Waals surface area contributed by atoms with E-state index in [-0.39, 0.29) is 31.6 Å². The molecule has 2 rings (SSSR count). The van der Waals surface area contributed by atoms with Crippen LogP contribution >= 0.6 is 0 Å². The number of amides is 2. The topological polar surface area (TPSA) is 105 Å². The van der Waals surface area contributed by atoms with Crippen molar-refractivity contribution < 1.29 is 31.9 Å². The Kier molecular flexibility index (Phi) is 7.64. The van der Waals surface area contributed by atoms with Crippen molar-refractivity contribution in [2.24, 2.45) is 0 Å². The lowest BCUT2D eigenvalue weighted by Gasteiger charge is -2.39. The van der Waals surface area contributed by atoms with Gasteiger partial charge in [-0.15, -0.1) is 0 Å². The number of rotatable bonds is 4. The van der Waals surface area contributed by atoms with Crippen LogP contribution in [-0.4, -0.2) is 55.8 Å². The second-order valence-corrected chi connectivity index (χ2v) is 11.1. The number of carbonyl (C=O) groups excluding carboxylic acids is 2. The SMILES string of the molecule is CC(C)(C)OC(=O)NS(=O)(=O)N(c1cccc(F)c1)C1CCN(C(=O)OC(C)(C)C)CC1. The maximum absolute atomic E-state index is 13.9. The lowest BCUT2D eigenvalue weighted by molar-refractivity contribution is 0.0207. The van der Waals surface area contributed by atoms with Gasteiger partial charge in [0.05, 0.1) is 11.7 Å². The first-order chi connectivity index (χ1) is 14.6. The molecule has 9 nitrogen and oxygen atoms in total. The molecule has 1 saturated heterocycles. The van der Waals surface area contributed by atoms with Crippen molar-refractivity contribution in [2.45, 2.75) is 71.6 Å². The molecular weight excluding hydrogens is 441 g/mol. The van der Waals surface area contributed by atoms with Gasteiger partial charge in [-0.1, -0.05) is 6.07 Å². The van der Waals surface area contributed by atoms with Crippen LogP contribution in [0, 0.1) is 5.82 Å². The van der Waals surface area contributed by atoms with Gasteiger partial charge in [-0.2, -0.15) is 8.42 Å². The van der Waals surface area contributed by atoms with Crippen LogP contribution in [0.15, 0.2) is 24.3 Å². The zero-order valence-electron chi connectivity index (χ0n) is 19.3. The Labute approximate surface area is 189 Å². The molecule has 0 unspecified atom stereocenters. The smallest absolute Gasteiger partial charge is 0.422 e. The highest BCUT2D eigenvalue weighted by Gasteiger charge is 2.37. The second kappa shape index (κ2) is 9.51. The molecule has 1 heterocycles. The van der Waals surface area contributed by atoms with Crippen LogP contribution < -0.4 is 9.03 Å². The first kappa shape index (κ1) is 25.7. The van der Waals surface area contributed by atoms with E-state index >= 15 is 0 Å². The molecular formula is C21H32FN3O6S. The van der Waals surface area contributed by atoms with Crippen LogP contribution in [0.5, 0.6) is 0 Å². The van der Waals surface area contributed by atoms with E-state index in [1.54, 1.807) is 41.5 Å². The summed E-state index contributed by atoms with van der Waals surface area (Å²) in [6, 6.07) is 4.49. The Balaban J connectivity index is 2.24. The number of anilines is 1. The number of halogens is 1. The van der Waals surface area contributed by atoms with Gasteiger partial charge in [-0.25, -0.2) is 18.7 Å². The van der Waals surface area contributed by atoms with Gasteiger partial charge >= 0.3 is 22.4 Å². The Morgan fingerprint density at radius 2 is 1.62 bits per heavy atom. The van der Waals surface area contributed by atoms with Crippen molar-refractivity contribution in [1.82, 2.24) is 9.62 Å². The lowest BCUT2D eigenvalue weighted by Crippen LogP contribution is -2.54. The Morgan fingerprint density at radius 1 is 1.06 bits per heavy atom. The Bertz CT molecular complexity index is 932. The van der Waals surface area contributed by atoms with E-state index in [0.717, 1.165) is 10.4 Å². The first-order valence-electron chi connectivity index (χ1n) is 10.4. The Hall–Kier alpha value is -2.56. The number of nitrogens with one attached hydrogen (secondary N) is 1. The molecule has 0 atom stereocenters. The average Bonchev–Trinajstić information content (AvgIpc) is 2.58. The second-order valence-electron chi connectivity index (χ2n) is 9.58. The van der Waals surface area contributed by atoms with Gasteiger partial charge in [0.25, 0.3) is 0 Å². The number of benzene rings is 1. The molecule has 0 spiro atoms. The molecule has 180 valence electrons. The molecule has 2 amide bonds. The van der Waals surface area contributed by atoms with Crippen molar-refractivity contribution in [2.75, 3.05) is 17.4 Å². The molecule has 0 saturated carbocycles. The standard InChI is InChI=1S/C21H32FN3O6S/c1-20(2,3)30-18(26)23-32(28,29)25(17-9-7-8-15(22)14-17)16-10-12-24(13-11-16)19(27)31-21(4,5)6/h7-9,14,16H,10-13H2,1-6H3,(H,23,26). The number of ether oxygens (including phenoxy) is 2. The molecule has 0 radical (unpaired) electrons. The van der Waals surface area contributed by atoms with E-state index in [2.05, 4.69) is 0 Å². The molecule has 11 heteroatoms. The summed E-state index contributed by atoms with van der Waals surface area (Å²) >= 11 is 0. The van der Waals surface area contributed by atoms with Gasteiger partial charge in [0.15, 0.2) is 0 Å². The number of carbonyl (C=O) groups is 2. The molecule has 0 aromatic heterocycles. The third-order valence-corrected chi connectivity index (χ3v) is 5.83. The van der Waals surface area contributed by atoms with Crippen molar-refractivity contribution in [1.29, 1.82) is 0 Å². The van der Waals surface area contributed by atoms with Crippen LogP contribution in [0.3, 0.4) is 0 Å². The summed E-state index contributed by atoms with van der Waals surface area (Å²) in [5, 5.41) is 0. The molecule has 0 bridgehead atoms. The van der Waals surface area contributed by atoms with E-state index < -0.39 is 45.5 Å². The van der Waals surface area contributed by atoms with Gasteiger partial charge in [-0.05, 0) is 72.6 Å². The van der Waals surface area contributed by atoms with Crippen LogP contribution in [-0.2, 0) is 19.7 Å². The van der Waals surface area contributed by atoms with Crippen LogP contribution in [0.25, 0.3) is 0 Å². The molecule has 1 aromatic rings. The fourth-order valence-corrected chi connectivity index (χ4v) is 4.57. The minimum atomic E-state index is -4.42. The summed E-state index contributed by atoms with van der Waals surface area (Å²) < 4.78 is 53.5. The van der Waals surface area contributed by atoms with Crippen molar-refractivity contribution in [3.63, 3.8) is 0 Å². The van der Waals surface area contributed by atoms with Gasteiger partial charge in [0, 0.05) is 13.1 Å². The molecule has 1 fully saturated rings. The number of hydrogen-bond acceptors (Lipinski definition) is 6. The van der Waals surface area contributed by atoms with Crippen molar-refractivity contribution in [3.05, 3.63) is 30.1 Å². The fraction of sp³-hybridized carbons (Fsp3) is 0.619. The van der Waals surface area contributed by atoms with Gasteiger partial charge in [0.1, 0.15) is 17.0 Å². The highest BCUT2D eigenvalue weighted by molar-refractivity contribution is 7.91. The molecule has 1 aromatic carbocycles. The third-order valence-electron chi connectivity index (χ3n) is 4.38. The predicted molar refractivity (Wildman–Crippen MR) is 118 cm³/mol. The average molecular weight is 474 g/mol.